The molecule has 1 aromatic carbocycles. The van der Waals surface area contributed by atoms with Gasteiger partial charge in [-0.15, -0.1) is 11.8 Å². The molecule has 1 atom stereocenters. The zero-order chi connectivity index (χ0) is 15.8. The highest BCUT2D eigenvalue weighted by molar-refractivity contribution is 7.99. The largest absolute Gasteiger partial charge is 0.481 e. The van der Waals surface area contributed by atoms with Gasteiger partial charge in [0.05, 0.1) is 11.3 Å². The zero-order valence-electron chi connectivity index (χ0n) is 12.8. The number of amides is 1. The van der Waals surface area contributed by atoms with E-state index in [2.05, 4.69) is 5.32 Å². The maximum absolute atomic E-state index is 12.6. The summed E-state index contributed by atoms with van der Waals surface area (Å²) in [6.45, 7) is 6.78. The average Bonchev–Trinajstić information content (AvgIpc) is 2.81. The third-order valence-electron chi connectivity index (χ3n) is 4.55. The Hall–Kier alpha value is -1.49. The second kappa shape index (κ2) is 5.37. The Balaban J connectivity index is 2.18. The van der Waals surface area contributed by atoms with Gasteiger partial charge in [-0.05, 0) is 39.3 Å². The molecule has 2 rings (SSSR count). The third kappa shape index (κ3) is 2.79. The first-order valence-electron chi connectivity index (χ1n) is 6.94. The smallest absolute Gasteiger partial charge is 0.311 e. The van der Waals surface area contributed by atoms with Gasteiger partial charge in [0.1, 0.15) is 0 Å². The van der Waals surface area contributed by atoms with Crippen molar-refractivity contribution in [2.75, 3.05) is 5.75 Å². The molecule has 0 spiro atoms. The standard InChI is InChI=1S/C16H21NO3S/c1-15(2,14(19)20)16(3,4)17-13(18)11-9-21-12-8-6-5-7-10(11)12/h5-8,11H,9H2,1-4H3,(H,17,18)(H,19,20). The number of benzene rings is 1. The van der Waals surface area contributed by atoms with Gasteiger partial charge < -0.3 is 10.4 Å². The van der Waals surface area contributed by atoms with Crippen LogP contribution in [0.1, 0.15) is 39.2 Å². The number of carbonyl (C=O) groups is 2. The number of carbonyl (C=O) groups excluding carboxylic acids is 1. The summed E-state index contributed by atoms with van der Waals surface area (Å²) in [5.74, 6) is -0.537. The summed E-state index contributed by atoms with van der Waals surface area (Å²) in [5.41, 5.74) is -0.851. The first-order valence-corrected chi connectivity index (χ1v) is 7.92. The van der Waals surface area contributed by atoms with Gasteiger partial charge in [-0.1, -0.05) is 18.2 Å². The van der Waals surface area contributed by atoms with E-state index in [1.807, 2.05) is 24.3 Å². The molecule has 0 saturated heterocycles. The molecule has 1 unspecified atom stereocenters. The predicted molar refractivity (Wildman–Crippen MR) is 83.5 cm³/mol. The number of fused-ring (bicyclic) bond motifs is 1. The van der Waals surface area contributed by atoms with E-state index in [4.69, 9.17) is 0 Å². The van der Waals surface area contributed by atoms with Crippen molar-refractivity contribution in [3.05, 3.63) is 29.8 Å². The van der Waals surface area contributed by atoms with Crippen LogP contribution in [0.5, 0.6) is 0 Å². The average molecular weight is 307 g/mol. The van der Waals surface area contributed by atoms with Crippen LogP contribution in [0.4, 0.5) is 0 Å². The van der Waals surface area contributed by atoms with Crippen molar-refractivity contribution in [3.63, 3.8) is 0 Å². The third-order valence-corrected chi connectivity index (χ3v) is 5.73. The van der Waals surface area contributed by atoms with E-state index in [1.165, 1.54) is 0 Å². The first-order chi connectivity index (χ1) is 9.67. The fourth-order valence-electron chi connectivity index (χ4n) is 2.20. The van der Waals surface area contributed by atoms with E-state index < -0.39 is 16.9 Å². The summed E-state index contributed by atoms with van der Waals surface area (Å²) in [5, 5.41) is 12.3. The van der Waals surface area contributed by atoms with E-state index in [9.17, 15) is 14.7 Å². The van der Waals surface area contributed by atoms with Gasteiger partial charge in [0.25, 0.3) is 0 Å². The SMILES string of the molecule is CC(C)(NC(=O)C1CSc2ccccc21)C(C)(C)C(=O)O. The van der Waals surface area contributed by atoms with Crippen molar-refractivity contribution in [1.29, 1.82) is 0 Å². The molecule has 1 aliphatic heterocycles. The van der Waals surface area contributed by atoms with E-state index >= 15 is 0 Å². The lowest BCUT2D eigenvalue weighted by Gasteiger charge is -2.39. The van der Waals surface area contributed by atoms with Crippen LogP contribution in [-0.2, 0) is 9.59 Å². The molecular formula is C16H21NO3S. The fraction of sp³-hybridized carbons (Fsp3) is 0.500. The maximum atomic E-state index is 12.6. The highest BCUT2D eigenvalue weighted by Crippen LogP contribution is 2.40. The number of thioether (sulfide) groups is 1. The number of hydrogen-bond donors (Lipinski definition) is 2. The predicted octanol–water partition coefficient (Wildman–Crippen LogP) is 2.88. The highest BCUT2D eigenvalue weighted by atomic mass is 32.2. The summed E-state index contributed by atoms with van der Waals surface area (Å²) in [6, 6.07) is 7.87. The molecule has 21 heavy (non-hydrogen) atoms. The van der Waals surface area contributed by atoms with Crippen LogP contribution in [0.25, 0.3) is 0 Å². The quantitative estimate of drug-likeness (QED) is 0.897. The fourth-order valence-corrected chi connectivity index (χ4v) is 3.43. The molecule has 1 heterocycles. The van der Waals surface area contributed by atoms with E-state index in [1.54, 1.807) is 39.5 Å². The number of rotatable bonds is 4. The number of carboxylic acid groups (broad SMARTS) is 1. The minimum Gasteiger partial charge on any atom is -0.481 e. The molecule has 1 aliphatic rings. The maximum Gasteiger partial charge on any atom is 0.311 e. The van der Waals surface area contributed by atoms with Gasteiger partial charge in [-0.2, -0.15) is 0 Å². The molecule has 0 bridgehead atoms. The van der Waals surface area contributed by atoms with Crippen LogP contribution < -0.4 is 5.32 Å². The second-order valence-electron chi connectivity index (χ2n) is 6.45. The molecule has 0 fully saturated rings. The minimum absolute atomic E-state index is 0.105. The first kappa shape index (κ1) is 15.9. The van der Waals surface area contributed by atoms with Crippen LogP contribution in [0.2, 0.25) is 0 Å². The normalized spacial score (nSPS) is 18.2. The van der Waals surface area contributed by atoms with Crippen LogP contribution in [-0.4, -0.2) is 28.3 Å². The number of nitrogens with one attached hydrogen (secondary N) is 1. The van der Waals surface area contributed by atoms with Gasteiger partial charge in [0, 0.05) is 16.2 Å². The van der Waals surface area contributed by atoms with Crippen molar-refractivity contribution in [3.8, 4) is 0 Å². The van der Waals surface area contributed by atoms with Crippen LogP contribution in [0, 0.1) is 5.41 Å². The van der Waals surface area contributed by atoms with E-state index in [-0.39, 0.29) is 11.8 Å². The van der Waals surface area contributed by atoms with Crippen molar-refractivity contribution >= 4 is 23.6 Å². The Kier molecular flexibility index (Phi) is 4.06. The Morgan fingerprint density at radius 2 is 1.86 bits per heavy atom. The van der Waals surface area contributed by atoms with Gasteiger partial charge in [0.15, 0.2) is 0 Å². The molecule has 4 nitrogen and oxygen atoms in total. The second-order valence-corrected chi connectivity index (χ2v) is 7.51. The van der Waals surface area contributed by atoms with Crippen molar-refractivity contribution < 1.29 is 14.7 Å². The lowest BCUT2D eigenvalue weighted by atomic mass is 9.74. The number of aliphatic carboxylic acids is 1. The molecule has 0 saturated carbocycles. The molecular weight excluding hydrogens is 286 g/mol. The molecule has 1 aromatic rings. The topological polar surface area (TPSA) is 66.4 Å². The van der Waals surface area contributed by atoms with Crippen LogP contribution >= 0.6 is 11.8 Å². The summed E-state index contributed by atoms with van der Waals surface area (Å²) in [4.78, 5) is 25.1. The minimum atomic E-state index is -1.05. The Morgan fingerprint density at radius 1 is 1.24 bits per heavy atom. The molecule has 0 aliphatic carbocycles. The molecule has 0 radical (unpaired) electrons. The molecule has 1 amide bonds. The zero-order valence-corrected chi connectivity index (χ0v) is 13.6. The van der Waals surface area contributed by atoms with Crippen LogP contribution in [0.15, 0.2) is 29.2 Å². The molecule has 2 N–H and O–H groups in total. The lowest BCUT2D eigenvalue weighted by Crippen LogP contribution is -2.57. The van der Waals surface area contributed by atoms with Gasteiger partial charge in [-0.3, -0.25) is 9.59 Å². The molecule has 5 heteroatoms. The van der Waals surface area contributed by atoms with Gasteiger partial charge >= 0.3 is 5.97 Å². The number of hydrogen-bond acceptors (Lipinski definition) is 3. The lowest BCUT2D eigenvalue weighted by molar-refractivity contribution is -0.151. The van der Waals surface area contributed by atoms with Crippen molar-refractivity contribution in [2.45, 2.75) is 44.0 Å². The number of carboxylic acids is 1. The summed E-state index contributed by atoms with van der Waals surface area (Å²) in [7, 11) is 0. The summed E-state index contributed by atoms with van der Waals surface area (Å²) < 4.78 is 0. The monoisotopic (exact) mass is 307 g/mol. The van der Waals surface area contributed by atoms with E-state index in [0.717, 1.165) is 10.5 Å². The summed E-state index contributed by atoms with van der Waals surface area (Å²) in [6.07, 6.45) is 0. The summed E-state index contributed by atoms with van der Waals surface area (Å²) >= 11 is 1.67. The van der Waals surface area contributed by atoms with Crippen molar-refractivity contribution in [1.82, 2.24) is 5.32 Å². The van der Waals surface area contributed by atoms with Crippen molar-refractivity contribution in [2.24, 2.45) is 5.41 Å². The van der Waals surface area contributed by atoms with Crippen LogP contribution in [0.3, 0.4) is 0 Å². The Labute approximate surface area is 129 Å². The molecule has 114 valence electrons. The highest BCUT2D eigenvalue weighted by Gasteiger charge is 2.45. The Morgan fingerprint density at radius 3 is 2.48 bits per heavy atom. The van der Waals surface area contributed by atoms with Gasteiger partial charge in [0.2, 0.25) is 5.91 Å². The van der Waals surface area contributed by atoms with E-state index in [0.29, 0.717) is 5.75 Å². The molecule has 0 aromatic heterocycles. The Bertz CT molecular complexity index is 581. The van der Waals surface area contributed by atoms with Gasteiger partial charge in [-0.25, -0.2) is 0 Å².